The van der Waals surface area contributed by atoms with Gasteiger partial charge in [0.15, 0.2) is 0 Å². The molecule has 0 aliphatic rings. The average Bonchev–Trinajstić information content (AvgIpc) is 2.41. The Morgan fingerprint density at radius 2 is 2.05 bits per heavy atom. The molecule has 0 aromatic heterocycles. The van der Waals surface area contributed by atoms with Crippen LogP contribution in [0.2, 0.25) is 5.02 Å². The molecule has 0 heterocycles. The highest BCUT2D eigenvalue weighted by Gasteiger charge is 2.18. The Labute approximate surface area is 123 Å². The van der Waals surface area contributed by atoms with Gasteiger partial charge in [0.25, 0.3) is 0 Å². The molecular weight excluding hydrogens is 280 g/mol. The third-order valence-electron chi connectivity index (χ3n) is 3.17. The highest BCUT2D eigenvalue weighted by Crippen LogP contribution is 2.21. The lowest BCUT2D eigenvalue weighted by Crippen LogP contribution is -2.41. The van der Waals surface area contributed by atoms with E-state index in [2.05, 4.69) is 5.32 Å². The standard InChI is InChI=1S/C14H19ClN2O3/c1-4-9(3)17(5-2)14(20)16-10-6-7-12(15)11(8-10)13(18)19/h6-9H,4-5H2,1-3H3,(H,16,20)(H,18,19). The van der Waals surface area contributed by atoms with Gasteiger partial charge in [-0.15, -0.1) is 0 Å². The van der Waals surface area contributed by atoms with Gasteiger partial charge in [-0.05, 0) is 38.5 Å². The van der Waals surface area contributed by atoms with Crippen molar-refractivity contribution < 1.29 is 14.7 Å². The molecule has 0 saturated heterocycles. The van der Waals surface area contributed by atoms with Crippen LogP contribution in [0.3, 0.4) is 0 Å². The minimum Gasteiger partial charge on any atom is -0.478 e. The summed E-state index contributed by atoms with van der Waals surface area (Å²) in [5, 5.41) is 11.8. The fraction of sp³-hybridized carbons (Fsp3) is 0.429. The Kier molecular flexibility index (Phi) is 5.82. The predicted molar refractivity (Wildman–Crippen MR) is 79.6 cm³/mol. The predicted octanol–water partition coefficient (Wildman–Crippen LogP) is 3.69. The second-order valence-electron chi connectivity index (χ2n) is 4.47. The Morgan fingerprint density at radius 1 is 1.40 bits per heavy atom. The SMILES string of the molecule is CCC(C)N(CC)C(=O)Nc1ccc(Cl)c(C(=O)O)c1. The zero-order valence-corrected chi connectivity index (χ0v) is 12.6. The van der Waals surface area contributed by atoms with Gasteiger partial charge in [-0.1, -0.05) is 18.5 Å². The summed E-state index contributed by atoms with van der Waals surface area (Å²) in [6.07, 6.45) is 0.849. The summed E-state index contributed by atoms with van der Waals surface area (Å²) in [6.45, 7) is 6.45. The van der Waals surface area contributed by atoms with Crippen LogP contribution in [0.15, 0.2) is 18.2 Å². The number of urea groups is 1. The zero-order chi connectivity index (χ0) is 15.3. The first-order chi connectivity index (χ1) is 9.40. The van der Waals surface area contributed by atoms with Crippen molar-refractivity contribution in [3.63, 3.8) is 0 Å². The average molecular weight is 299 g/mol. The minimum atomic E-state index is -1.12. The molecule has 2 amide bonds. The van der Waals surface area contributed by atoms with Crippen LogP contribution in [-0.4, -0.2) is 34.6 Å². The fourth-order valence-corrected chi connectivity index (χ4v) is 2.04. The topological polar surface area (TPSA) is 69.6 Å². The van der Waals surface area contributed by atoms with Crippen LogP contribution in [0, 0.1) is 0 Å². The van der Waals surface area contributed by atoms with Gasteiger partial charge in [-0.3, -0.25) is 0 Å². The minimum absolute atomic E-state index is 0.0314. The van der Waals surface area contributed by atoms with E-state index >= 15 is 0 Å². The number of carboxylic acid groups (broad SMARTS) is 1. The Hall–Kier alpha value is -1.75. The summed E-state index contributed by atoms with van der Waals surface area (Å²) < 4.78 is 0. The van der Waals surface area contributed by atoms with Crippen LogP contribution in [0.5, 0.6) is 0 Å². The van der Waals surface area contributed by atoms with E-state index in [1.54, 1.807) is 11.0 Å². The number of carbonyl (C=O) groups is 2. The first-order valence-corrected chi connectivity index (χ1v) is 6.88. The summed E-state index contributed by atoms with van der Waals surface area (Å²) in [4.78, 5) is 24.8. The number of hydrogen-bond acceptors (Lipinski definition) is 2. The number of rotatable bonds is 5. The van der Waals surface area contributed by atoms with Crippen molar-refractivity contribution in [3.05, 3.63) is 28.8 Å². The molecule has 0 aliphatic heterocycles. The molecule has 1 rings (SSSR count). The normalized spacial score (nSPS) is 11.8. The number of hydrogen-bond donors (Lipinski definition) is 2. The molecule has 2 N–H and O–H groups in total. The van der Waals surface area contributed by atoms with Gasteiger partial charge in [0, 0.05) is 18.3 Å². The molecule has 1 unspecified atom stereocenters. The first kappa shape index (κ1) is 16.3. The molecule has 0 aliphatic carbocycles. The number of nitrogens with one attached hydrogen (secondary N) is 1. The number of halogens is 1. The van der Waals surface area contributed by atoms with Crippen LogP contribution in [0.25, 0.3) is 0 Å². The van der Waals surface area contributed by atoms with Gasteiger partial charge in [-0.2, -0.15) is 0 Å². The summed E-state index contributed by atoms with van der Waals surface area (Å²) in [5.74, 6) is -1.12. The lowest BCUT2D eigenvalue weighted by molar-refractivity contribution is 0.0697. The van der Waals surface area contributed by atoms with E-state index in [-0.39, 0.29) is 22.7 Å². The highest BCUT2D eigenvalue weighted by molar-refractivity contribution is 6.33. The number of amides is 2. The Balaban J connectivity index is 2.90. The molecule has 6 heteroatoms. The number of anilines is 1. The number of carboxylic acids is 1. The third-order valence-corrected chi connectivity index (χ3v) is 3.50. The number of aromatic carboxylic acids is 1. The van der Waals surface area contributed by atoms with Gasteiger partial charge in [0.1, 0.15) is 0 Å². The van der Waals surface area contributed by atoms with E-state index in [0.717, 1.165) is 6.42 Å². The van der Waals surface area contributed by atoms with E-state index in [1.165, 1.54) is 12.1 Å². The van der Waals surface area contributed by atoms with Crippen molar-refractivity contribution in [2.75, 3.05) is 11.9 Å². The van der Waals surface area contributed by atoms with Gasteiger partial charge in [0.2, 0.25) is 0 Å². The van der Waals surface area contributed by atoms with Gasteiger partial charge in [0.05, 0.1) is 10.6 Å². The van der Waals surface area contributed by atoms with Crippen LogP contribution in [0.4, 0.5) is 10.5 Å². The molecule has 110 valence electrons. The second kappa shape index (κ2) is 7.14. The molecule has 0 spiro atoms. The fourth-order valence-electron chi connectivity index (χ4n) is 1.84. The summed E-state index contributed by atoms with van der Waals surface area (Å²) in [5.41, 5.74) is 0.384. The Morgan fingerprint density at radius 3 is 2.55 bits per heavy atom. The van der Waals surface area contributed by atoms with Crippen LogP contribution >= 0.6 is 11.6 Å². The van der Waals surface area contributed by atoms with Crippen molar-refractivity contribution in [1.82, 2.24) is 4.90 Å². The number of nitrogens with zero attached hydrogens (tertiary/aromatic N) is 1. The van der Waals surface area contributed by atoms with Gasteiger partial charge < -0.3 is 15.3 Å². The molecule has 0 radical (unpaired) electrons. The van der Waals surface area contributed by atoms with Crippen molar-refractivity contribution in [1.29, 1.82) is 0 Å². The lowest BCUT2D eigenvalue weighted by atomic mass is 10.2. The second-order valence-corrected chi connectivity index (χ2v) is 4.88. The Bertz CT molecular complexity index is 505. The molecule has 0 fully saturated rings. The molecule has 0 bridgehead atoms. The summed E-state index contributed by atoms with van der Waals surface area (Å²) >= 11 is 5.79. The van der Waals surface area contributed by atoms with Crippen LogP contribution in [0.1, 0.15) is 37.6 Å². The smallest absolute Gasteiger partial charge is 0.337 e. The molecule has 5 nitrogen and oxygen atoms in total. The molecule has 1 aromatic carbocycles. The van der Waals surface area contributed by atoms with Crippen LogP contribution in [-0.2, 0) is 0 Å². The van der Waals surface area contributed by atoms with Crippen molar-refractivity contribution in [2.45, 2.75) is 33.2 Å². The van der Waals surface area contributed by atoms with E-state index in [0.29, 0.717) is 12.2 Å². The van der Waals surface area contributed by atoms with Crippen LogP contribution < -0.4 is 5.32 Å². The van der Waals surface area contributed by atoms with Crippen molar-refractivity contribution >= 4 is 29.3 Å². The molecular formula is C14H19ClN2O3. The lowest BCUT2D eigenvalue weighted by Gasteiger charge is -2.27. The van der Waals surface area contributed by atoms with Gasteiger partial charge in [-0.25, -0.2) is 9.59 Å². The maximum Gasteiger partial charge on any atom is 0.337 e. The van der Waals surface area contributed by atoms with Crippen molar-refractivity contribution in [2.24, 2.45) is 0 Å². The first-order valence-electron chi connectivity index (χ1n) is 6.51. The van der Waals surface area contributed by atoms with Crippen molar-refractivity contribution in [3.8, 4) is 0 Å². The summed E-state index contributed by atoms with van der Waals surface area (Å²) in [7, 11) is 0. The zero-order valence-electron chi connectivity index (χ0n) is 11.8. The van der Waals surface area contributed by atoms with E-state index in [1.807, 2.05) is 20.8 Å². The quantitative estimate of drug-likeness (QED) is 0.871. The third kappa shape index (κ3) is 3.87. The number of benzene rings is 1. The molecule has 20 heavy (non-hydrogen) atoms. The molecule has 0 saturated carbocycles. The maximum absolute atomic E-state index is 12.1. The van der Waals surface area contributed by atoms with Gasteiger partial charge >= 0.3 is 12.0 Å². The molecule has 1 aromatic rings. The van der Waals surface area contributed by atoms with E-state index in [4.69, 9.17) is 16.7 Å². The number of carbonyl (C=O) groups excluding carboxylic acids is 1. The maximum atomic E-state index is 12.1. The summed E-state index contributed by atoms with van der Waals surface area (Å²) in [6, 6.07) is 4.26. The monoisotopic (exact) mass is 298 g/mol. The van der Waals surface area contributed by atoms with E-state index < -0.39 is 5.97 Å². The highest BCUT2D eigenvalue weighted by atomic mass is 35.5. The van der Waals surface area contributed by atoms with E-state index in [9.17, 15) is 9.59 Å². The largest absolute Gasteiger partial charge is 0.478 e. The molecule has 1 atom stereocenters.